The van der Waals surface area contributed by atoms with Crippen LogP contribution >= 0.6 is 11.8 Å². The molecule has 2 aromatic carbocycles. The predicted octanol–water partition coefficient (Wildman–Crippen LogP) is 3.36. The van der Waals surface area contributed by atoms with Gasteiger partial charge in [0.15, 0.2) is 0 Å². The molecule has 0 amide bonds. The number of nitrogen functional groups attached to an aromatic ring is 1. The zero-order chi connectivity index (χ0) is 11.5. The molecule has 0 radical (unpaired) electrons. The fourth-order valence-electron chi connectivity index (χ4n) is 1.58. The van der Waals surface area contributed by atoms with E-state index in [-0.39, 0.29) is 5.75 Å². The van der Waals surface area contributed by atoms with Gasteiger partial charge in [-0.1, -0.05) is 12.1 Å². The van der Waals surface area contributed by atoms with Crippen LogP contribution in [0, 0.1) is 0 Å². The maximum absolute atomic E-state index is 9.79. The van der Waals surface area contributed by atoms with E-state index < -0.39 is 0 Å². The average Bonchev–Trinajstić information content (AvgIpc) is 2.32. The number of rotatable bonds is 2. The van der Waals surface area contributed by atoms with Crippen molar-refractivity contribution in [1.82, 2.24) is 0 Å². The molecule has 0 bridgehead atoms. The van der Waals surface area contributed by atoms with Gasteiger partial charge in [0, 0.05) is 16.1 Å². The smallest absolute Gasteiger partial charge is 0.123 e. The lowest BCUT2D eigenvalue weighted by molar-refractivity contribution is 0.477. The van der Waals surface area contributed by atoms with Crippen LogP contribution in [0.4, 0.5) is 5.69 Å². The molecular formula is C13H13NOS. The lowest BCUT2D eigenvalue weighted by Gasteiger charge is -2.07. The molecule has 0 saturated carbocycles. The van der Waals surface area contributed by atoms with Crippen molar-refractivity contribution >= 4 is 17.4 Å². The van der Waals surface area contributed by atoms with Crippen LogP contribution in [-0.2, 0) is 0 Å². The first-order valence-electron chi connectivity index (χ1n) is 4.93. The Hall–Kier alpha value is -1.61. The van der Waals surface area contributed by atoms with Gasteiger partial charge in [0.05, 0.1) is 0 Å². The number of phenols is 1. The summed E-state index contributed by atoms with van der Waals surface area (Å²) < 4.78 is 0. The van der Waals surface area contributed by atoms with Crippen molar-refractivity contribution in [3.63, 3.8) is 0 Å². The summed E-state index contributed by atoms with van der Waals surface area (Å²) >= 11 is 1.67. The normalized spacial score (nSPS) is 10.3. The Bertz CT molecular complexity index is 511. The molecule has 0 aromatic heterocycles. The van der Waals surface area contributed by atoms with E-state index in [1.54, 1.807) is 30.0 Å². The molecule has 0 unspecified atom stereocenters. The van der Waals surface area contributed by atoms with Crippen LogP contribution in [0.25, 0.3) is 11.1 Å². The summed E-state index contributed by atoms with van der Waals surface area (Å²) in [5, 5.41) is 9.79. The van der Waals surface area contributed by atoms with Gasteiger partial charge < -0.3 is 10.8 Å². The van der Waals surface area contributed by atoms with Crippen molar-refractivity contribution in [2.24, 2.45) is 0 Å². The third-order valence-corrected chi connectivity index (χ3v) is 3.13. The number of anilines is 1. The number of phenolic OH excluding ortho intramolecular Hbond substituents is 1. The molecule has 0 atom stereocenters. The highest BCUT2D eigenvalue weighted by Crippen LogP contribution is 2.32. The summed E-state index contributed by atoms with van der Waals surface area (Å²) in [6.45, 7) is 0. The molecule has 2 rings (SSSR count). The second-order valence-corrected chi connectivity index (χ2v) is 4.39. The first-order valence-corrected chi connectivity index (χ1v) is 6.16. The highest BCUT2D eigenvalue weighted by molar-refractivity contribution is 7.98. The Labute approximate surface area is 99.1 Å². The van der Waals surface area contributed by atoms with E-state index in [2.05, 4.69) is 0 Å². The highest BCUT2D eigenvalue weighted by Gasteiger charge is 2.05. The van der Waals surface area contributed by atoms with Crippen LogP contribution in [0.1, 0.15) is 0 Å². The maximum atomic E-state index is 9.79. The quantitative estimate of drug-likeness (QED) is 0.473. The molecule has 3 heteroatoms. The predicted molar refractivity (Wildman–Crippen MR) is 69.7 cm³/mol. The zero-order valence-corrected chi connectivity index (χ0v) is 9.79. The van der Waals surface area contributed by atoms with Crippen molar-refractivity contribution < 1.29 is 5.11 Å². The summed E-state index contributed by atoms with van der Waals surface area (Å²) in [7, 11) is 0. The van der Waals surface area contributed by atoms with Crippen LogP contribution in [0.5, 0.6) is 5.75 Å². The van der Waals surface area contributed by atoms with E-state index in [0.29, 0.717) is 5.69 Å². The van der Waals surface area contributed by atoms with Gasteiger partial charge in [0.25, 0.3) is 0 Å². The monoisotopic (exact) mass is 231 g/mol. The molecule has 82 valence electrons. The van der Waals surface area contributed by atoms with Gasteiger partial charge in [-0.15, -0.1) is 11.8 Å². The van der Waals surface area contributed by atoms with Crippen molar-refractivity contribution in [2.45, 2.75) is 4.90 Å². The zero-order valence-electron chi connectivity index (χ0n) is 8.97. The maximum Gasteiger partial charge on any atom is 0.123 e. The third kappa shape index (κ3) is 2.14. The highest BCUT2D eigenvalue weighted by atomic mass is 32.2. The van der Waals surface area contributed by atoms with Crippen molar-refractivity contribution in [3.8, 4) is 16.9 Å². The lowest BCUT2D eigenvalue weighted by atomic mass is 10.0. The summed E-state index contributed by atoms with van der Waals surface area (Å²) in [6.07, 6.45) is 2.03. The Balaban J connectivity index is 2.53. The SMILES string of the molecule is CSc1cccc(-c2cc(N)ccc2O)c1. The summed E-state index contributed by atoms with van der Waals surface area (Å²) in [6, 6.07) is 13.1. The molecule has 3 N–H and O–H groups in total. The van der Waals surface area contributed by atoms with E-state index in [1.165, 1.54) is 4.90 Å². The summed E-state index contributed by atoms with van der Waals surface area (Å²) in [5.74, 6) is 0.257. The molecule has 0 aliphatic rings. The van der Waals surface area contributed by atoms with Gasteiger partial charge >= 0.3 is 0 Å². The van der Waals surface area contributed by atoms with Crippen LogP contribution in [-0.4, -0.2) is 11.4 Å². The Morgan fingerprint density at radius 2 is 1.94 bits per heavy atom. The first-order chi connectivity index (χ1) is 7.70. The number of benzene rings is 2. The number of nitrogens with two attached hydrogens (primary N) is 1. The summed E-state index contributed by atoms with van der Waals surface area (Å²) in [5.41, 5.74) is 8.13. The Morgan fingerprint density at radius 1 is 1.12 bits per heavy atom. The van der Waals surface area contributed by atoms with Crippen LogP contribution in [0.15, 0.2) is 47.4 Å². The molecule has 0 aliphatic carbocycles. The number of thioether (sulfide) groups is 1. The van der Waals surface area contributed by atoms with Crippen molar-refractivity contribution in [3.05, 3.63) is 42.5 Å². The number of hydrogen-bond acceptors (Lipinski definition) is 3. The second-order valence-electron chi connectivity index (χ2n) is 3.51. The van der Waals surface area contributed by atoms with Gasteiger partial charge in [0.2, 0.25) is 0 Å². The molecule has 16 heavy (non-hydrogen) atoms. The van der Waals surface area contributed by atoms with Crippen LogP contribution in [0.3, 0.4) is 0 Å². The van der Waals surface area contributed by atoms with Crippen molar-refractivity contribution in [2.75, 3.05) is 12.0 Å². The Kier molecular flexibility index (Phi) is 3.06. The van der Waals surface area contributed by atoms with E-state index >= 15 is 0 Å². The van der Waals surface area contributed by atoms with Gasteiger partial charge in [0.1, 0.15) is 5.75 Å². The number of hydrogen-bond donors (Lipinski definition) is 2. The molecule has 2 nitrogen and oxygen atoms in total. The second kappa shape index (κ2) is 4.49. The fourth-order valence-corrected chi connectivity index (χ4v) is 2.03. The van der Waals surface area contributed by atoms with E-state index in [4.69, 9.17) is 5.73 Å². The molecular weight excluding hydrogens is 218 g/mol. The molecule has 2 aromatic rings. The summed E-state index contributed by atoms with van der Waals surface area (Å²) in [4.78, 5) is 1.17. The Morgan fingerprint density at radius 3 is 2.69 bits per heavy atom. The van der Waals surface area contributed by atoms with E-state index in [1.807, 2.05) is 30.5 Å². The van der Waals surface area contributed by atoms with Gasteiger partial charge in [-0.25, -0.2) is 0 Å². The van der Waals surface area contributed by atoms with Crippen LogP contribution in [0.2, 0.25) is 0 Å². The standard InChI is InChI=1S/C13H13NOS/c1-16-11-4-2-3-9(7-11)12-8-10(14)5-6-13(12)15/h2-8,15H,14H2,1H3. The van der Waals surface area contributed by atoms with E-state index in [9.17, 15) is 5.11 Å². The molecule has 0 fully saturated rings. The molecule has 0 saturated heterocycles. The topological polar surface area (TPSA) is 46.2 Å². The fraction of sp³-hybridized carbons (Fsp3) is 0.0769. The molecule has 0 heterocycles. The number of aromatic hydroxyl groups is 1. The molecule has 0 spiro atoms. The minimum atomic E-state index is 0.257. The largest absolute Gasteiger partial charge is 0.507 e. The van der Waals surface area contributed by atoms with Crippen molar-refractivity contribution in [1.29, 1.82) is 0 Å². The van der Waals surface area contributed by atoms with Crippen LogP contribution < -0.4 is 5.73 Å². The molecule has 0 aliphatic heterocycles. The first kappa shape index (κ1) is 10.9. The minimum Gasteiger partial charge on any atom is -0.507 e. The van der Waals surface area contributed by atoms with E-state index in [0.717, 1.165) is 11.1 Å². The third-order valence-electron chi connectivity index (χ3n) is 2.40. The lowest BCUT2D eigenvalue weighted by Crippen LogP contribution is -1.86. The minimum absolute atomic E-state index is 0.257. The van der Waals surface area contributed by atoms with Gasteiger partial charge in [-0.05, 0) is 42.2 Å². The van der Waals surface area contributed by atoms with Gasteiger partial charge in [-0.2, -0.15) is 0 Å². The van der Waals surface area contributed by atoms with Gasteiger partial charge in [-0.3, -0.25) is 0 Å². The average molecular weight is 231 g/mol.